The summed E-state index contributed by atoms with van der Waals surface area (Å²) in [5, 5.41) is 1.64. The number of para-hydroxylation sites is 2. The van der Waals surface area contributed by atoms with Crippen LogP contribution in [0.1, 0.15) is 57.5 Å². The van der Waals surface area contributed by atoms with E-state index in [4.69, 9.17) is 9.57 Å². The van der Waals surface area contributed by atoms with E-state index in [9.17, 15) is 40.6 Å². The minimum Gasteiger partial charge on any atom is -0.748 e. The molecule has 15 nitrogen and oxygen atoms in total. The SMILES string of the molecule is Cc1cc(C(=O)ON2C(=O)CCC2=O)cc(C)c1OC(=O)c1c2ccccc2[n+](CCCS(=O)(=O)NCC[N+](C)(C)CCCS(=O)(=O)[O-])c2ccccc12. The number of hydrogen-bond acceptors (Lipinski definition) is 11. The van der Waals surface area contributed by atoms with Crippen molar-refractivity contribution < 1.29 is 59.2 Å². The summed E-state index contributed by atoms with van der Waals surface area (Å²) in [5.74, 6) is -3.15. The molecule has 2 heterocycles. The zero-order valence-electron chi connectivity index (χ0n) is 30.5. The first-order valence-electron chi connectivity index (χ1n) is 17.3. The molecule has 17 heteroatoms. The molecule has 288 valence electrons. The third-order valence-corrected chi connectivity index (χ3v) is 11.5. The third kappa shape index (κ3) is 9.83. The fourth-order valence-electron chi connectivity index (χ4n) is 6.51. The van der Waals surface area contributed by atoms with Crippen LogP contribution < -0.4 is 14.0 Å². The first kappa shape index (κ1) is 40.4. The van der Waals surface area contributed by atoms with Crippen LogP contribution in [0.25, 0.3) is 21.8 Å². The molecule has 3 aromatic carbocycles. The number of rotatable bonds is 16. The van der Waals surface area contributed by atoms with Crippen molar-refractivity contribution in [1.82, 2.24) is 9.79 Å². The number of ether oxygens (including phenoxy) is 1. The van der Waals surface area contributed by atoms with Gasteiger partial charge in [0.05, 0.1) is 71.5 Å². The number of benzene rings is 3. The van der Waals surface area contributed by atoms with Crippen molar-refractivity contribution in [3.63, 3.8) is 0 Å². The van der Waals surface area contributed by atoms with E-state index in [1.165, 1.54) is 12.1 Å². The van der Waals surface area contributed by atoms with Crippen LogP contribution in [-0.4, -0.2) is 99.9 Å². The number of carbonyl (C=O) groups is 4. The number of esters is 1. The summed E-state index contributed by atoms with van der Waals surface area (Å²) < 4.78 is 69.6. The molecule has 0 bridgehead atoms. The van der Waals surface area contributed by atoms with Gasteiger partial charge in [-0.05, 0) is 49.2 Å². The van der Waals surface area contributed by atoms with Crippen molar-refractivity contribution in [2.24, 2.45) is 0 Å². The Balaban J connectivity index is 1.32. The molecule has 0 unspecified atom stereocenters. The molecule has 54 heavy (non-hydrogen) atoms. The molecule has 1 fully saturated rings. The fourth-order valence-corrected chi connectivity index (χ4v) is 8.05. The van der Waals surface area contributed by atoms with E-state index in [1.54, 1.807) is 38.1 Å². The smallest absolute Gasteiger partial charge is 0.363 e. The topological polar surface area (TPSA) is 197 Å². The molecule has 0 aliphatic carbocycles. The zero-order valence-corrected chi connectivity index (χ0v) is 32.1. The predicted molar refractivity (Wildman–Crippen MR) is 196 cm³/mol. The Bertz CT molecular complexity index is 2260. The van der Waals surface area contributed by atoms with Gasteiger partial charge in [0.1, 0.15) is 5.75 Å². The molecular weight excluding hydrogens is 741 g/mol. The molecule has 0 saturated carbocycles. The van der Waals surface area contributed by atoms with Gasteiger partial charge in [0.25, 0.3) is 11.8 Å². The van der Waals surface area contributed by atoms with Crippen LogP contribution >= 0.6 is 0 Å². The second-order valence-corrected chi connectivity index (χ2v) is 17.4. The number of sulfonamides is 1. The van der Waals surface area contributed by atoms with E-state index >= 15 is 0 Å². The van der Waals surface area contributed by atoms with Crippen LogP contribution in [0.5, 0.6) is 5.75 Å². The number of pyridine rings is 1. The van der Waals surface area contributed by atoms with Crippen LogP contribution in [0.15, 0.2) is 60.7 Å². The Labute approximate surface area is 313 Å². The average Bonchev–Trinajstić information content (AvgIpc) is 3.40. The molecule has 1 aliphatic heterocycles. The highest BCUT2D eigenvalue weighted by molar-refractivity contribution is 7.89. The minimum absolute atomic E-state index is 0.0346. The maximum Gasteiger partial charge on any atom is 0.363 e. The maximum atomic E-state index is 14.1. The van der Waals surface area contributed by atoms with Gasteiger partial charge in [-0.1, -0.05) is 24.3 Å². The molecule has 1 aromatic heterocycles. The molecular formula is C37H43N4O11S2+. The fraction of sp³-hybridized carbons (Fsp3) is 0.378. The summed E-state index contributed by atoms with van der Waals surface area (Å²) in [6.45, 7) is 4.57. The number of carbonyl (C=O) groups excluding carboxylic acids is 4. The second kappa shape index (κ2) is 16.3. The number of hydrogen-bond donors (Lipinski definition) is 1. The van der Waals surface area contributed by atoms with Gasteiger partial charge in [-0.25, -0.2) is 31.1 Å². The average molecular weight is 784 g/mol. The van der Waals surface area contributed by atoms with Gasteiger partial charge < -0.3 is 18.6 Å². The number of quaternary nitrogens is 1. The lowest BCUT2D eigenvalue weighted by Gasteiger charge is -2.30. The Morgan fingerprint density at radius 2 is 1.39 bits per heavy atom. The summed E-state index contributed by atoms with van der Waals surface area (Å²) in [7, 11) is -4.30. The number of nitrogens with zero attached hydrogens (tertiary/aromatic N) is 3. The van der Waals surface area contributed by atoms with Gasteiger partial charge >= 0.3 is 11.9 Å². The van der Waals surface area contributed by atoms with Crippen molar-refractivity contribution in [1.29, 1.82) is 0 Å². The first-order valence-corrected chi connectivity index (χ1v) is 20.6. The van der Waals surface area contributed by atoms with E-state index < -0.39 is 49.6 Å². The minimum atomic E-state index is -4.31. The maximum absolute atomic E-state index is 14.1. The number of amides is 2. The number of likely N-dealkylation sites (N-methyl/N-ethyl adjacent to an activating group) is 1. The zero-order chi connectivity index (χ0) is 39.4. The molecule has 4 aromatic rings. The summed E-state index contributed by atoms with van der Waals surface area (Å²) >= 11 is 0. The summed E-state index contributed by atoms with van der Waals surface area (Å²) in [5.41, 5.74) is 2.63. The Hall–Kier alpha value is -4.81. The van der Waals surface area contributed by atoms with Gasteiger partial charge in [-0.3, -0.25) is 9.59 Å². The molecule has 0 spiro atoms. The monoisotopic (exact) mass is 783 g/mol. The van der Waals surface area contributed by atoms with Crippen molar-refractivity contribution in [2.45, 2.75) is 46.1 Å². The van der Waals surface area contributed by atoms with Crippen LogP contribution in [-0.2, 0) is 41.1 Å². The summed E-state index contributed by atoms with van der Waals surface area (Å²) in [6, 6.07) is 17.4. The van der Waals surface area contributed by atoms with E-state index in [0.29, 0.717) is 67.7 Å². The second-order valence-electron chi connectivity index (χ2n) is 13.9. The van der Waals surface area contributed by atoms with Gasteiger partial charge in [0.15, 0.2) is 6.54 Å². The number of nitrogens with one attached hydrogen (secondary N) is 1. The Morgan fingerprint density at radius 3 is 1.94 bits per heavy atom. The van der Waals surface area contributed by atoms with Gasteiger partial charge in [0.2, 0.25) is 21.1 Å². The molecule has 5 rings (SSSR count). The highest BCUT2D eigenvalue weighted by atomic mass is 32.2. The molecule has 1 N–H and O–H groups in total. The van der Waals surface area contributed by atoms with Gasteiger partial charge in [-0.2, -0.15) is 4.57 Å². The summed E-state index contributed by atoms with van der Waals surface area (Å²) in [6.07, 6.45) is 0.366. The van der Waals surface area contributed by atoms with Crippen LogP contribution in [0.3, 0.4) is 0 Å². The highest BCUT2D eigenvalue weighted by Gasteiger charge is 2.34. The van der Waals surface area contributed by atoms with E-state index in [1.807, 2.05) is 42.9 Å². The quantitative estimate of drug-likeness (QED) is 0.0334. The molecule has 1 saturated heterocycles. The van der Waals surface area contributed by atoms with Gasteiger partial charge in [0, 0.05) is 43.6 Å². The van der Waals surface area contributed by atoms with E-state index in [2.05, 4.69) is 4.72 Å². The Morgan fingerprint density at radius 1 is 0.833 bits per heavy atom. The van der Waals surface area contributed by atoms with Crippen LogP contribution in [0, 0.1) is 13.8 Å². The summed E-state index contributed by atoms with van der Waals surface area (Å²) in [4.78, 5) is 55.8. The third-order valence-electron chi connectivity index (χ3n) is 9.19. The lowest BCUT2D eigenvalue weighted by atomic mass is 10.0. The van der Waals surface area contributed by atoms with E-state index in [0.717, 1.165) is 0 Å². The van der Waals surface area contributed by atoms with Crippen molar-refractivity contribution in [3.8, 4) is 5.75 Å². The number of imide groups is 1. The highest BCUT2D eigenvalue weighted by Crippen LogP contribution is 2.30. The molecule has 1 aliphatic rings. The first-order chi connectivity index (χ1) is 25.4. The normalized spacial score (nSPS) is 13.9. The Kier molecular flexibility index (Phi) is 12.2. The number of aryl methyl sites for hydroxylation is 3. The van der Waals surface area contributed by atoms with Crippen molar-refractivity contribution >= 4 is 65.7 Å². The van der Waals surface area contributed by atoms with Crippen molar-refractivity contribution in [2.75, 3.05) is 45.2 Å². The number of hydroxylamine groups is 2. The van der Waals surface area contributed by atoms with Crippen LogP contribution in [0.4, 0.5) is 0 Å². The molecule has 2 amide bonds. The standard InChI is InChI=1S/C37H43N4O11S2/c1-25-23-27(36(44)52-40-32(42)15-16-33(40)43)24-26(2)35(25)51-37(45)34-28-11-5-7-13-30(28)39(31-14-8-6-12-29(31)34)18-9-21-53(46,47)38-17-20-41(3,4)19-10-22-54(48,49)50/h5-8,11-14,23-24,38H,9-10,15-22H2,1-4H3/q+1. The van der Waals surface area contributed by atoms with E-state index in [-0.39, 0.29) is 49.3 Å². The lowest BCUT2D eigenvalue weighted by Crippen LogP contribution is -2.46. The lowest BCUT2D eigenvalue weighted by molar-refractivity contribution is -0.889. The van der Waals surface area contributed by atoms with Gasteiger partial charge in [-0.15, -0.1) is 5.06 Å². The molecule has 0 radical (unpaired) electrons. The van der Waals surface area contributed by atoms with Crippen LogP contribution in [0.2, 0.25) is 0 Å². The molecule has 0 atom stereocenters. The largest absolute Gasteiger partial charge is 0.748 e. The number of aromatic nitrogens is 1. The van der Waals surface area contributed by atoms with Crippen molar-refractivity contribution in [3.05, 3.63) is 82.9 Å². The number of fused-ring (bicyclic) bond motifs is 2. The predicted octanol–water partition coefficient (Wildman–Crippen LogP) is 2.66.